The van der Waals surface area contributed by atoms with Gasteiger partial charge in [0.2, 0.25) is 11.5 Å². The van der Waals surface area contributed by atoms with Gasteiger partial charge >= 0.3 is 5.97 Å². The van der Waals surface area contributed by atoms with Crippen LogP contribution < -0.4 is 0 Å². The van der Waals surface area contributed by atoms with Crippen LogP contribution in [0.25, 0.3) is 0 Å². The number of benzene rings is 1. The van der Waals surface area contributed by atoms with E-state index in [1.807, 2.05) is 12.1 Å². The molecule has 0 saturated heterocycles. The number of rotatable bonds is 4. The fourth-order valence-corrected chi connectivity index (χ4v) is 5.99. The van der Waals surface area contributed by atoms with E-state index >= 15 is 0 Å². The fraction of sp³-hybridized carbons (Fsp3) is 0.640. The van der Waals surface area contributed by atoms with Gasteiger partial charge in [0.1, 0.15) is 0 Å². The number of hydrogen-bond donors (Lipinski definition) is 0. The van der Waals surface area contributed by atoms with Crippen LogP contribution in [0.4, 0.5) is 0 Å². The summed E-state index contributed by atoms with van der Waals surface area (Å²) in [6.07, 6.45) is 8.41. The largest absolute Gasteiger partial charge is 0.463 e. The number of carbonyl (C=O) groups is 1. The minimum Gasteiger partial charge on any atom is -0.463 e. The van der Waals surface area contributed by atoms with Crippen molar-refractivity contribution in [3.05, 3.63) is 47.7 Å². The molecule has 1 saturated carbocycles. The van der Waals surface area contributed by atoms with Crippen molar-refractivity contribution in [2.45, 2.75) is 89.1 Å². The fourth-order valence-electron chi connectivity index (χ4n) is 4.52. The van der Waals surface area contributed by atoms with E-state index in [0.29, 0.717) is 5.76 Å². The molecule has 30 heavy (non-hydrogen) atoms. The lowest BCUT2D eigenvalue weighted by Crippen LogP contribution is -2.57. The summed E-state index contributed by atoms with van der Waals surface area (Å²) in [5.41, 5.74) is 1.20. The van der Waals surface area contributed by atoms with Crippen molar-refractivity contribution in [3.63, 3.8) is 0 Å². The molecule has 2 aliphatic rings. The first-order valence-electron chi connectivity index (χ1n) is 11.3. The third-order valence-corrected chi connectivity index (χ3v) is 11.7. The number of esters is 1. The second-order valence-electron chi connectivity index (χ2n) is 10.3. The second-order valence-corrected chi connectivity index (χ2v) is 15.0. The van der Waals surface area contributed by atoms with Crippen molar-refractivity contribution in [1.82, 2.24) is 0 Å². The van der Waals surface area contributed by atoms with Crippen molar-refractivity contribution in [3.8, 4) is 0 Å². The molecule has 1 aliphatic carbocycles. The standard InChI is InChI=1S/C25H38O4Si/c1-24(2,3)30(5,6)29-25-17-13-8-7-12-16-21(25)20(19-14-10-9-11-15-19)18-22(28-25)23(26)27-4/h9-11,14-15,18,20-21H,7-8,12-13,16-17H2,1-6H3/t20-,21-,25-/m1/s1. The molecule has 0 N–H and O–H groups in total. The van der Waals surface area contributed by atoms with E-state index in [1.165, 1.54) is 25.5 Å². The maximum absolute atomic E-state index is 12.6. The van der Waals surface area contributed by atoms with Gasteiger partial charge in [-0.05, 0) is 42.6 Å². The monoisotopic (exact) mass is 430 g/mol. The average molecular weight is 431 g/mol. The Morgan fingerprint density at radius 1 is 1.10 bits per heavy atom. The van der Waals surface area contributed by atoms with Crippen LogP contribution in [0, 0.1) is 5.92 Å². The highest BCUT2D eigenvalue weighted by Crippen LogP contribution is 2.52. The summed E-state index contributed by atoms with van der Waals surface area (Å²) in [4.78, 5) is 12.6. The summed E-state index contributed by atoms with van der Waals surface area (Å²) in [6.45, 7) is 11.3. The van der Waals surface area contributed by atoms with Gasteiger partial charge in [-0.2, -0.15) is 0 Å². The van der Waals surface area contributed by atoms with E-state index in [1.54, 1.807) is 0 Å². The van der Waals surface area contributed by atoms with Crippen LogP contribution in [0.1, 0.15) is 70.8 Å². The molecule has 0 amide bonds. The van der Waals surface area contributed by atoms with Crippen LogP contribution in [0.3, 0.4) is 0 Å². The molecule has 3 rings (SSSR count). The van der Waals surface area contributed by atoms with Gasteiger partial charge in [0, 0.05) is 18.3 Å². The number of methoxy groups -OCH3 is 1. The summed E-state index contributed by atoms with van der Waals surface area (Å²) in [5.74, 6) is -0.682. The van der Waals surface area contributed by atoms with E-state index < -0.39 is 20.1 Å². The Hall–Kier alpha value is -1.59. The van der Waals surface area contributed by atoms with Crippen molar-refractivity contribution in [2.75, 3.05) is 7.11 Å². The maximum Gasteiger partial charge on any atom is 0.373 e. The topological polar surface area (TPSA) is 44.8 Å². The van der Waals surface area contributed by atoms with Crippen LogP contribution in [-0.4, -0.2) is 27.2 Å². The highest BCUT2D eigenvalue weighted by molar-refractivity contribution is 6.74. The number of fused-ring (bicyclic) bond motifs is 1. The highest BCUT2D eigenvalue weighted by atomic mass is 28.4. The van der Waals surface area contributed by atoms with E-state index in [0.717, 1.165) is 25.7 Å². The molecule has 0 bridgehead atoms. The van der Waals surface area contributed by atoms with Crippen LogP contribution in [0.2, 0.25) is 18.1 Å². The number of carbonyl (C=O) groups excluding carboxylic acids is 1. The Kier molecular flexibility index (Phi) is 6.83. The van der Waals surface area contributed by atoms with E-state index in [4.69, 9.17) is 13.9 Å². The number of hydrogen-bond acceptors (Lipinski definition) is 4. The third-order valence-electron chi connectivity index (χ3n) is 7.21. The zero-order chi connectivity index (χ0) is 22.0. The molecule has 1 aromatic carbocycles. The second kappa shape index (κ2) is 8.87. The quantitative estimate of drug-likeness (QED) is 0.401. The first-order chi connectivity index (χ1) is 14.1. The molecular weight excluding hydrogens is 392 g/mol. The maximum atomic E-state index is 12.6. The molecule has 1 fully saturated rings. The molecule has 1 aromatic rings. The number of ether oxygens (including phenoxy) is 2. The van der Waals surface area contributed by atoms with Gasteiger partial charge in [0.05, 0.1) is 7.11 Å². The van der Waals surface area contributed by atoms with Gasteiger partial charge in [0.25, 0.3) is 0 Å². The normalized spacial score (nSPS) is 27.7. The predicted molar refractivity (Wildman–Crippen MR) is 123 cm³/mol. The molecule has 0 unspecified atom stereocenters. The van der Waals surface area contributed by atoms with Crippen molar-refractivity contribution < 1.29 is 18.7 Å². The zero-order valence-corrected chi connectivity index (χ0v) is 20.5. The number of allylic oxidation sites excluding steroid dienone is 1. The summed E-state index contributed by atoms with van der Waals surface area (Å²) in [6, 6.07) is 10.5. The smallest absolute Gasteiger partial charge is 0.373 e. The van der Waals surface area contributed by atoms with Gasteiger partial charge in [-0.1, -0.05) is 70.4 Å². The lowest BCUT2D eigenvalue weighted by molar-refractivity contribution is -0.226. The molecule has 1 heterocycles. The summed E-state index contributed by atoms with van der Waals surface area (Å²) < 4.78 is 18.7. The summed E-state index contributed by atoms with van der Waals surface area (Å²) in [7, 11) is -0.746. The highest BCUT2D eigenvalue weighted by Gasteiger charge is 2.55. The molecule has 5 heteroatoms. The minimum absolute atomic E-state index is 0.0485. The van der Waals surface area contributed by atoms with Gasteiger partial charge in [-0.25, -0.2) is 4.79 Å². The Morgan fingerprint density at radius 3 is 2.40 bits per heavy atom. The molecule has 0 radical (unpaired) electrons. The first kappa shape index (κ1) is 23.1. The predicted octanol–water partition coefficient (Wildman–Crippen LogP) is 6.55. The Labute approximate surface area is 183 Å². The molecular formula is C25H38O4Si. The minimum atomic E-state index is -2.16. The third kappa shape index (κ3) is 4.67. The Bertz CT molecular complexity index is 765. The average Bonchev–Trinajstić information content (AvgIpc) is 2.68. The Morgan fingerprint density at radius 2 is 1.77 bits per heavy atom. The molecule has 0 spiro atoms. The van der Waals surface area contributed by atoms with E-state index in [2.05, 4.69) is 58.1 Å². The first-order valence-corrected chi connectivity index (χ1v) is 14.2. The van der Waals surface area contributed by atoms with Gasteiger partial charge < -0.3 is 13.9 Å². The van der Waals surface area contributed by atoms with Gasteiger partial charge in [0.15, 0.2) is 8.32 Å². The van der Waals surface area contributed by atoms with Crippen molar-refractivity contribution in [2.24, 2.45) is 5.92 Å². The van der Waals surface area contributed by atoms with Crippen molar-refractivity contribution in [1.29, 1.82) is 0 Å². The van der Waals surface area contributed by atoms with Crippen LogP contribution in [0.5, 0.6) is 0 Å². The SMILES string of the molecule is COC(=O)C1=C[C@H](c2ccccc2)[C@H]2CCCCCC[C@]2(O[Si](C)(C)C(C)(C)C)O1. The Balaban J connectivity index is 2.13. The molecule has 4 nitrogen and oxygen atoms in total. The lowest BCUT2D eigenvalue weighted by atomic mass is 9.73. The van der Waals surface area contributed by atoms with Gasteiger partial charge in [-0.15, -0.1) is 0 Å². The van der Waals surface area contributed by atoms with E-state index in [9.17, 15) is 4.79 Å². The molecule has 0 aromatic heterocycles. The van der Waals surface area contributed by atoms with E-state index in [-0.39, 0.29) is 16.9 Å². The summed E-state index contributed by atoms with van der Waals surface area (Å²) >= 11 is 0. The molecule has 3 atom stereocenters. The lowest BCUT2D eigenvalue weighted by Gasteiger charge is -2.52. The van der Waals surface area contributed by atoms with Crippen LogP contribution in [-0.2, 0) is 18.7 Å². The molecule has 1 aliphatic heterocycles. The van der Waals surface area contributed by atoms with Crippen LogP contribution >= 0.6 is 0 Å². The summed E-state index contributed by atoms with van der Waals surface area (Å²) in [5, 5.41) is 0.0485. The zero-order valence-electron chi connectivity index (χ0n) is 19.5. The molecule has 166 valence electrons. The van der Waals surface area contributed by atoms with Crippen molar-refractivity contribution >= 4 is 14.3 Å². The van der Waals surface area contributed by atoms with Gasteiger partial charge in [-0.3, -0.25) is 0 Å². The van der Waals surface area contributed by atoms with Crippen LogP contribution in [0.15, 0.2) is 42.2 Å².